The molecule has 1 aromatic rings. The molecule has 0 aliphatic rings. The fourth-order valence-electron chi connectivity index (χ4n) is 1.69. The van der Waals surface area contributed by atoms with Gasteiger partial charge in [0.2, 0.25) is 0 Å². The van der Waals surface area contributed by atoms with E-state index >= 15 is 0 Å². The molecule has 0 heterocycles. The van der Waals surface area contributed by atoms with Crippen molar-refractivity contribution in [3.05, 3.63) is 29.6 Å². The molecule has 0 radical (unpaired) electrons. The number of benzene rings is 1. The van der Waals surface area contributed by atoms with Gasteiger partial charge in [0.1, 0.15) is 17.1 Å². The van der Waals surface area contributed by atoms with Crippen molar-refractivity contribution in [2.24, 2.45) is 5.73 Å². The highest BCUT2D eigenvalue weighted by atomic mass is 19.1. The standard InChI is InChI=1S/C14H20FNO3/c1-10-5-6-11(15)9-12(10)19-8-4-7-14(2,16)13(17)18-3/h5-6,9H,4,7-8,16H2,1-3H3. The third-order valence-corrected chi connectivity index (χ3v) is 2.90. The van der Waals surface area contributed by atoms with E-state index in [-0.39, 0.29) is 5.82 Å². The third-order valence-electron chi connectivity index (χ3n) is 2.90. The number of ether oxygens (including phenoxy) is 2. The van der Waals surface area contributed by atoms with Crippen molar-refractivity contribution in [3.8, 4) is 5.75 Å². The van der Waals surface area contributed by atoms with Gasteiger partial charge >= 0.3 is 5.97 Å². The second-order valence-corrected chi connectivity index (χ2v) is 4.77. The van der Waals surface area contributed by atoms with Gasteiger partial charge in [-0.25, -0.2) is 4.39 Å². The molecular formula is C14H20FNO3. The molecule has 0 aliphatic heterocycles. The van der Waals surface area contributed by atoms with Gasteiger partial charge in [-0.05, 0) is 38.3 Å². The van der Waals surface area contributed by atoms with E-state index in [0.29, 0.717) is 25.2 Å². The Kier molecular flexibility index (Phi) is 5.30. The Morgan fingerprint density at radius 1 is 1.47 bits per heavy atom. The molecule has 5 heteroatoms. The Hall–Kier alpha value is -1.62. The number of rotatable bonds is 6. The summed E-state index contributed by atoms with van der Waals surface area (Å²) in [7, 11) is 1.31. The SMILES string of the molecule is COC(=O)C(C)(N)CCCOc1cc(F)ccc1C. The van der Waals surface area contributed by atoms with E-state index in [9.17, 15) is 9.18 Å². The first-order valence-corrected chi connectivity index (χ1v) is 6.13. The van der Waals surface area contributed by atoms with Crippen molar-refractivity contribution in [1.29, 1.82) is 0 Å². The highest BCUT2D eigenvalue weighted by Gasteiger charge is 2.28. The van der Waals surface area contributed by atoms with Crippen LogP contribution in [0.4, 0.5) is 4.39 Å². The summed E-state index contributed by atoms with van der Waals surface area (Å²) < 4.78 is 23.1. The summed E-state index contributed by atoms with van der Waals surface area (Å²) >= 11 is 0. The summed E-state index contributed by atoms with van der Waals surface area (Å²) in [6, 6.07) is 4.39. The lowest BCUT2D eigenvalue weighted by Crippen LogP contribution is -2.45. The Balaban J connectivity index is 2.43. The maximum absolute atomic E-state index is 13.0. The zero-order valence-electron chi connectivity index (χ0n) is 11.5. The largest absolute Gasteiger partial charge is 0.493 e. The highest BCUT2D eigenvalue weighted by Crippen LogP contribution is 2.19. The molecule has 4 nitrogen and oxygen atoms in total. The molecule has 1 rings (SSSR count). The topological polar surface area (TPSA) is 61.5 Å². The molecule has 1 unspecified atom stereocenters. The van der Waals surface area contributed by atoms with E-state index in [0.717, 1.165) is 5.56 Å². The molecule has 0 saturated heterocycles. The Bertz CT molecular complexity index is 446. The van der Waals surface area contributed by atoms with Crippen LogP contribution < -0.4 is 10.5 Å². The van der Waals surface area contributed by atoms with E-state index in [2.05, 4.69) is 4.74 Å². The fourth-order valence-corrected chi connectivity index (χ4v) is 1.69. The van der Waals surface area contributed by atoms with E-state index in [1.54, 1.807) is 13.0 Å². The van der Waals surface area contributed by atoms with Crippen LogP contribution in [0, 0.1) is 12.7 Å². The number of hydrogen-bond donors (Lipinski definition) is 1. The molecule has 0 saturated carbocycles. The molecule has 0 amide bonds. The molecule has 0 aromatic heterocycles. The van der Waals surface area contributed by atoms with Crippen LogP contribution in [0.2, 0.25) is 0 Å². The predicted octanol–water partition coefficient (Wildman–Crippen LogP) is 2.18. The van der Waals surface area contributed by atoms with Crippen LogP contribution >= 0.6 is 0 Å². The molecule has 1 aromatic carbocycles. The van der Waals surface area contributed by atoms with Crippen LogP contribution in [-0.4, -0.2) is 25.2 Å². The Morgan fingerprint density at radius 3 is 2.79 bits per heavy atom. The lowest BCUT2D eigenvalue weighted by atomic mass is 9.98. The average Bonchev–Trinajstić information content (AvgIpc) is 2.37. The second-order valence-electron chi connectivity index (χ2n) is 4.77. The number of halogens is 1. The van der Waals surface area contributed by atoms with Gasteiger partial charge in [0.15, 0.2) is 0 Å². The average molecular weight is 269 g/mol. The maximum atomic E-state index is 13.0. The molecule has 1 atom stereocenters. The monoisotopic (exact) mass is 269 g/mol. The summed E-state index contributed by atoms with van der Waals surface area (Å²) in [6.45, 7) is 3.83. The molecule has 0 fully saturated rings. The number of methoxy groups -OCH3 is 1. The van der Waals surface area contributed by atoms with Gasteiger partial charge in [-0.2, -0.15) is 0 Å². The molecule has 19 heavy (non-hydrogen) atoms. The summed E-state index contributed by atoms with van der Waals surface area (Å²) in [5, 5.41) is 0. The lowest BCUT2D eigenvalue weighted by molar-refractivity contribution is -0.146. The molecular weight excluding hydrogens is 249 g/mol. The first-order valence-electron chi connectivity index (χ1n) is 6.13. The van der Waals surface area contributed by atoms with Gasteiger partial charge in [0.05, 0.1) is 13.7 Å². The van der Waals surface area contributed by atoms with Crippen molar-refractivity contribution in [2.45, 2.75) is 32.2 Å². The van der Waals surface area contributed by atoms with Crippen molar-refractivity contribution in [1.82, 2.24) is 0 Å². The fraction of sp³-hybridized carbons (Fsp3) is 0.500. The highest BCUT2D eigenvalue weighted by molar-refractivity contribution is 5.79. The first-order chi connectivity index (χ1) is 8.86. The zero-order valence-corrected chi connectivity index (χ0v) is 11.5. The molecule has 106 valence electrons. The lowest BCUT2D eigenvalue weighted by Gasteiger charge is -2.21. The number of nitrogens with two attached hydrogens (primary N) is 1. The number of carbonyl (C=O) groups is 1. The van der Waals surface area contributed by atoms with Gasteiger partial charge in [0.25, 0.3) is 0 Å². The van der Waals surface area contributed by atoms with Gasteiger partial charge in [-0.15, -0.1) is 0 Å². The normalized spacial score (nSPS) is 13.7. The van der Waals surface area contributed by atoms with Crippen molar-refractivity contribution in [3.63, 3.8) is 0 Å². The minimum Gasteiger partial charge on any atom is -0.493 e. The van der Waals surface area contributed by atoms with Crippen molar-refractivity contribution >= 4 is 5.97 Å². The van der Waals surface area contributed by atoms with Crippen molar-refractivity contribution in [2.75, 3.05) is 13.7 Å². The van der Waals surface area contributed by atoms with Crippen LogP contribution in [-0.2, 0) is 9.53 Å². The molecule has 0 bridgehead atoms. The first kappa shape index (κ1) is 15.4. The number of esters is 1. The van der Waals surface area contributed by atoms with E-state index in [4.69, 9.17) is 10.5 Å². The van der Waals surface area contributed by atoms with E-state index in [1.807, 2.05) is 6.92 Å². The maximum Gasteiger partial charge on any atom is 0.325 e. The van der Waals surface area contributed by atoms with Gasteiger partial charge in [-0.1, -0.05) is 6.07 Å². The van der Waals surface area contributed by atoms with Gasteiger partial charge in [0, 0.05) is 6.07 Å². The number of carbonyl (C=O) groups excluding carboxylic acids is 1. The quantitative estimate of drug-likeness (QED) is 0.635. The smallest absolute Gasteiger partial charge is 0.325 e. The van der Waals surface area contributed by atoms with Crippen LogP contribution in [0.25, 0.3) is 0 Å². The second kappa shape index (κ2) is 6.52. The van der Waals surface area contributed by atoms with Gasteiger partial charge in [-0.3, -0.25) is 4.79 Å². The van der Waals surface area contributed by atoms with E-state index in [1.165, 1.54) is 19.2 Å². The Labute approximate surface area is 112 Å². The van der Waals surface area contributed by atoms with Crippen LogP contribution in [0.15, 0.2) is 18.2 Å². The molecule has 2 N–H and O–H groups in total. The minimum atomic E-state index is -1.02. The zero-order chi connectivity index (χ0) is 14.5. The molecule has 0 spiro atoms. The molecule has 0 aliphatic carbocycles. The minimum absolute atomic E-state index is 0.334. The van der Waals surface area contributed by atoms with Crippen LogP contribution in [0.1, 0.15) is 25.3 Å². The van der Waals surface area contributed by atoms with Crippen LogP contribution in [0.3, 0.4) is 0 Å². The predicted molar refractivity (Wildman–Crippen MR) is 70.5 cm³/mol. The summed E-state index contributed by atoms with van der Waals surface area (Å²) in [6.07, 6.45) is 1.02. The van der Waals surface area contributed by atoms with E-state index < -0.39 is 11.5 Å². The van der Waals surface area contributed by atoms with Crippen LogP contribution in [0.5, 0.6) is 5.75 Å². The Morgan fingerprint density at radius 2 is 2.16 bits per heavy atom. The number of aryl methyl sites for hydroxylation is 1. The summed E-state index contributed by atoms with van der Waals surface area (Å²) in [5.41, 5.74) is 5.66. The summed E-state index contributed by atoms with van der Waals surface area (Å²) in [4.78, 5) is 11.4. The summed E-state index contributed by atoms with van der Waals surface area (Å²) in [5.74, 6) is -0.273. The third kappa shape index (κ3) is 4.52. The van der Waals surface area contributed by atoms with Crippen molar-refractivity contribution < 1.29 is 18.7 Å². The number of hydrogen-bond acceptors (Lipinski definition) is 4. The van der Waals surface area contributed by atoms with Gasteiger partial charge < -0.3 is 15.2 Å².